The molecule has 1 aliphatic heterocycles. The molecule has 2 aromatic carbocycles. The largest absolute Gasteiger partial charge is 0.367 e. The van der Waals surface area contributed by atoms with Crippen molar-refractivity contribution in [2.75, 3.05) is 13.1 Å². The summed E-state index contributed by atoms with van der Waals surface area (Å²) < 4.78 is 5.96. The van der Waals surface area contributed by atoms with E-state index in [-0.39, 0.29) is 18.2 Å². The number of carbonyl (C=O) groups excluding carboxylic acids is 1. The fourth-order valence-electron chi connectivity index (χ4n) is 2.79. The van der Waals surface area contributed by atoms with E-state index in [2.05, 4.69) is 5.48 Å². The molecular weight excluding hydrogens is 304 g/mol. The molecule has 5 nitrogen and oxygen atoms in total. The third kappa shape index (κ3) is 4.34. The van der Waals surface area contributed by atoms with Gasteiger partial charge in [0.15, 0.2) is 0 Å². The molecule has 24 heavy (non-hydrogen) atoms. The zero-order valence-corrected chi connectivity index (χ0v) is 13.7. The van der Waals surface area contributed by atoms with E-state index in [1.54, 1.807) is 4.90 Å². The summed E-state index contributed by atoms with van der Waals surface area (Å²) >= 11 is 0. The van der Waals surface area contributed by atoms with Crippen LogP contribution in [0.25, 0.3) is 0 Å². The molecule has 0 aromatic heterocycles. The second-order valence-corrected chi connectivity index (χ2v) is 5.93. The molecule has 0 radical (unpaired) electrons. The van der Waals surface area contributed by atoms with Gasteiger partial charge >= 0.3 is 6.03 Å². The minimum Gasteiger partial charge on any atom is -0.367 e. The number of urea groups is 1. The fourth-order valence-corrected chi connectivity index (χ4v) is 2.79. The van der Waals surface area contributed by atoms with E-state index in [1.165, 1.54) is 0 Å². The van der Waals surface area contributed by atoms with Gasteiger partial charge in [-0.15, -0.1) is 0 Å². The predicted octanol–water partition coefficient (Wildman–Crippen LogP) is 3.29. The minimum absolute atomic E-state index is 0.0242. The van der Waals surface area contributed by atoms with Gasteiger partial charge in [0.25, 0.3) is 0 Å². The highest BCUT2D eigenvalue weighted by atomic mass is 16.7. The average molecular weight is 326 g/mol. The molecule has 1 fully saturated rings. The van der Waals surface area contributed by atoms with Crippen LogP contribution < -0.4 is 5.48 Å². The minimum atomic E-state index is -0.234. The lowest BCUT2D eigenvalue weighted by Crippen LogP contribution is -2.49. The number of hydroxylamine groups is 1. The molecule has 1 aliphatic rings. The Morgan fingerprint density at radius 1 is 1.12 bits per heavy atom. The van der Waals surface area contributed by atoms with Gasteiger partial charge in [-0.3, -0.25) is 4.84 Å². The van der Waals surface area contributed by atoms with E-state index in [0.29, 0.717) is 19.7 Å². The van der Waals surface area contributed by atoms with Crippen molar-refractivity contribution in [1.82, 2.24) is 10.4 Å². The number of nitrogens with one attached hydrogen (secondary N) is 1. The highest BCUT2D eigenvalue weighted by molar-refractivity contribution is 5.73. The maximum atomic E-state index is 12.3. The second kappa shape index (κ2) is 7.95. The van der Waals surface area contributed by atoms with Crippen molar-refractivity contribution in [2.24, 2.45) is 0 Å². The molecule has 0 spiro atoms. The fraction of sp³-hybridized carbons (Fsp3) is 0.316. The van der Waals surface area contributed by atoms with Crippen LogP contribution in [0, 0.1) is 0 Å². The first-order valence-corrected chi connectivity index (χ1v) is 8.13. The summed E-state index contributed by atoms with van der Waals surface area (Å²) in [6, 6.07) is 19.5. The number of morpholine rings is 1. The smallest absolute Gasteiger partial charge is 0.341 e. The lowest BCUT2D eigenvalue weighted by molar-refractivity contribution is -0.0718. The molecule has 1 saturated heterocycles. The first-order valence-electron chi connectivity index (χ1n) is 8.13. The molecule has 0 unspecified atom stereocenters. The van der Waals surface area contributed by atoms with Crippen molar-refractivity contribution in [3.8, 4) is 0 Å². The molecule has 3 rings (SSSR count). The molecule has 5 heteroatoms. The number of nitrogens with zero attached hydrogens (tertiary/aromatic N) is 1. The van der Waals surface area contributed by atoms with Gasteiger partial charge in [0.2, 0.25) is 0 Å². The first kappa shape index (κ1) is 16.5. The van der Waals surface area contributed by atoms with E-state index in [1.807, 2.05) is 67.6 Å². The molecule has 1 N–H and O–H groups in total. The molecule has 0 saturated carbocycles. The summed E-state index contributed by atoms with van der Waals surface area (Å²) in [5.74, 6) is 0. The zero-order valence-electron chi connectivity index (χ0n) is 13.7. The monoisotopic (exact) mass is 326 g/mol. The van der Waals surface area contributed by atoms with Crippen LogP contribution in [-0.4, -0.2) is 30.1 Å². The van der Waals surface area contributed by atoms with Crippen molar-refractivity contribution in [1.29, 1.82) is 0 Å². The SMILES string of the molecule is C[C@H]1CN(C(=O)NOCc2ccccc2)C[C@H](c2ccccc2)O1. The Kier molecular flexibility index (Phi) is 5.46. The summed E-state index contributed by atoms with van der Waals surface area (Å²) in [6.45, 7) is 3.37. The molecule has 0 aliphatic carbocycles. The van der Waals surface area contributed by atoms with Crippen molar-refractivity contribution >= 4 is 6.03 Å². The van der Waals surface area contributed by atoms with Gasteiger partial charge in [0, 0.05) is 6.54 Å². The van der Waals surface area contributed by atoms with Gasteiger partial charge in [-0.1, -0.05) is 60.7 Å². The van der Waals surface area contributed by atoms with Crippen LogP contribution >= 0.6 is 0 Å². The quantitative estimate of drug-likeness (QED) is 0.877. The van der Waals surface area contributed by atoms with E-state index in [9.17, 15) is 4.79 Å². The number of carbonyl (C=O) groups is 1. The van der Waals surface area contributed by atoms with Crippen molar-refractivity contribution < 1.29 is 14.4 Å². The molecule has 0 bridgehead atoms. The molecule has 1 heterocycles. The van der Waals surface area contributed by atoms with Crippen LogP contribution in [0.3, 0.4) is 0 Å². The lowest BCUT2D eigenvalue weighted by Gasteiger charge is -2.36. The van der Waals surface area contributed by atoms with E-state index >= 15 is 0 Å². The number of hydrogen-bond acceptors (Lipinski definition) is 3. The summed E-state index contributed by atoms with van der Waals surface area (Å²) in [5, 5.41) is 0. The van der Waals surface area contributed by atoms with Crippen molar-refractivity contribution in [3.05, 3.63) is 71.8 Å². The maximum absolute atomic E-state index is 12.3. The molecular formula is C19H22N2O3. The van der Waals surface area contributed by atoms with Crippen molar-refractivity contribution in [2.45, 2.75) is 25.7 Å². The maximum Gasteiger partial charge on any atom is 0.341 e. The van der Waals surface area contributed by atoms with Crippen LogP contribution in [0.4, 0.5) is 4.79 Å². The summed E-state index contributed by atoms with van der Waals surface area (Å²) in [7, 11) is 0. The number of amides is 2. The van der Waals surface area contributed by atoms with Crippen LogP contribution in [0.15, 0.2) is 60.7 Å². The Hall–Kier alpha value is -2.37. The normalized spacial score (nSPS) is 20.6. The highest BCUT2D eigenvalue weighted by Gasteiger charge is 2.29. The zero-order chi connectivity index (χ0) is 16.8. The topological polar surface area (TPSA) is 50.8 Å². The van der Waals surface area contributed by atoms with Gasteiger partial charge in [-0.2, -0.15) is 0 Å². The second-order valence-electron chi connectivity index (χ2n) is 5.93. The predicted molar refractivity (Wildman–Crippen MR) is 91.1 cm³/mol. The summed E-state index contributed by atoms with van der Waals surface area (Å²) in [5.41, 5.74) is 4.61. The highest BCUT2D eigenvalue weighted by Crippen LogP contribution is 2.24. The summed E-state index contributed by atoms with van der Waals surface area (Å²) in [4.78, 5) is 19.4. The summed E-state index contributed by atoms with van der Waals surface area (Å²) in [6.07, 6.45) is -0.140. The van der Waals surface area contributed by atoms with Crippen molar-refractivity contribution in [3.63, 3.8) is 0 Å². The molecule has 2 aromatic rings. The Balaban J connectivity index is 1.54. The van der Waals surface area contributed by atoms with Crippen LogP contribution in [0.2, 0.25) is 0 Å². The Bertz CT molecular complexity index is 648. The Morgan fingerprint density at radius 2 is 1.79 bits per heavy atom. The van der Waals surface area contributed by atoms with Gasteiger partial charge < -0.3 is 9.64 Å². The number of rotatable bonds is 4. The first-order chi connectivity index (χ1) is 11.7. The number of ether oxygens (including phenoxy) is 1. The molecule has 126 valence electrons. The third-order valence-corrected chi connectivity index (χ3v) is 3.96. The van der Waals surface area contributed by atoms with Gasteiger partial charge in [0.1, 0.15) is 6.10 Å². The molecule has 2 atom stereocenters. The van der Waals surface area contributed by atoms with Crippen LogP contribution in [-0.2, 0) is 16.2 Å². The van der Waals surface area contributed by atoms with Gasteiger partial charge in [-0.05, 0) is 18.1 Å². The Labute approximate surface area is 142 Å². The third-order valence-electron chi connectivity index (χ3n) is 3.96. The average Bonchev–Trinajstić information content (AvgIpc) is 2.63. The standard InChI is InChI=1S/C19H22N2O3/c1-15-12-21(13-18(24-15)17-10-6-3-7-11-17)19(22)20-23-14-16-8-4-2-5-9-16/h2-11,15,18H,12-14H2,1H3,(H,20,22)/t15-,18+/m0/s1. The molecule has 2 amide bonds. The van der Waals surface area contributed by atoms with Gasteiger partial charge in [-0.25, -0.2) is 10.3 Å². The number of benzene rings is 2. The lowest BCUT2D eigenvalue weighted by atomic mass is 10.1. The van der Waals surface area contributed by atoms with E-state index in [0.717, 1.165) is 11.1 Å². The number of hydrogen-bond donors (Lipinski definition) is 1. The Morgan fingerprint density at radius 3 is 2.50 bits per heavy atom. The van der Waals surface area contributed by atoms with Gasteiger partial charge in [0.05, 0.1) is 19.3 Å². The van der Waals surface area contributed by atoms with E-state index < -0.39 is 0 Å². The van der Waals surface area contributed by atoms with E-state index in [4.69, 9.17) is 9.57 Å². The van der Waals surface area contributed by atoms with Crippen LogP contribution in [0.5, 0.6) is 0 Å². The van der Waals surface area contributed by atoms with Crippen LogP contribution in [0.1, 0.15) is 24.2 Å².